The topological polar surface area (TPSA) is 61.0 Å². The smallest absolute Gasteiger partial charge is 0.136 e. The van der Waals surface area contributed by atoms with Gasteiger partial charge in [-0.3, -0.25) is 0 Å². The van der Waals surface area contributed by atoms with Gasteiger partial charge in [0.15, 0.2) is 0 Å². The molecule has 0 aliphatic carbocycles. The third kappa shape index (κ3) is 1.79. The van der Waals surface area contributed by atoms with Crippen molar-refractivity contribution in [1.82, 2.24) is 9.97 Å². The van der Waals surface area contributed by atoms with Gasteiger partial charge in [0.05, 0.1) is 12.2 Å². The second-order valence-electron chi connectivity index (χ2n) is 5.84. The average molecular weight is 247 g/mol. The molecule has 3 unspecified atom stereocenters. The molecule has 4 heteroatoms. The van der Waals surface area contributed by atoms with E-state index in [1.54, 1.807) is 0 Å². The van der Waals surface area contributed by atoms with Crippen molar-refractivity contribution in [2.75, 3.05) is 5.73 Å². The van der Waals surface area contributed by atoms with E-state index in [1.807, 2.05) is 6.92 Å². The van der Waals surface area contributed by atoms with Crippen molar-refractivity contribution in [3.8, 4) is 0 Å². The third-order valence-electron chi connectivity index (χ3n) is 4.20. The second kappa shape index (κ2) is 4.19. The Morgan fingerprint density at radius 2 is 2.06 bits per heavy atom. The van der Waals surface area contributed by atoms with Crippen LogP contribution >= 0.6 is 0 Å². The molecule has 2 saturated heterocycles. The van der Waals surface area contributed by atoms with Crippen molar-refractivity contribution in [3.05, 3.63) is 17.1 Å². The highest BCUT2D eigenvalue weighted by atomic mass is 16.5. The maximum Gasteiger partial charge on any atom is 0.136 e. The first-order valence-corrected chi connectivity index (χ1v) is 6.85. The SMILES string of the molecule is Cc1nc(C2CC3CCC2O3)nc(N)c1C(C)C. The summed E-state index contributed by atoms with van der Waals surface area (Å²) >= 11 is 0. The highest BCUT2D eigenvalue weighted by Crippen LogP contribution is 2.43. The zero-order valence-corrected chi connectivity index (χ0v) is 11.3. The molecular weight excluding hydrogens is 226 g/mol. The number of anilines is 1. The van der Waals surface area contributed by atoms with Gasteiger partial charge in [-0.05, 0) is 32.1 Å². The van der Waals surface area contributed by atoms with Gasteiger partial charge in [0.1, 0.15) is 11.6 Å². The Morgan fingerprint density at radius 1 is 1.28 bits per heavy atom. The molecule has 98 valence electrons. The molecular formula is C14H21N3O. The molecule has 0 aromatic carbocycles. The molecule has 3 atom stereocenters. The standard InChI is InChI=1S/C14H21N3O/c1-7(2)12-8(3)16-14(17-13(12)15)10-6-9-4-5-11(10)18-9/h7,9-11H,4-6H2,1-3H3,(H2,15,16,17). The Hall–Kier alpha value is -1.16. The van der Waals surface area contributed by atoms with Crippen LogP contribution in [0.15, 0.2) is 0 Å². The van der Waals surface area contributed by atoms with Crippen molar-refractivity contribution < 1.29 is 4.74 Å². The molecule has 0 radical (unpaired) electrons. The van der Waals surface area contributed by atoms with Crippen LogP contribution in [0, 0.1) is 6.92 Å². The summed E-state index contributed by atoms with van der Waals surface area (Å²) in [7, 11) is 0. The number of ether oxygens (including phenoxy) is 1. The lowest BCUT2D eigenvalue weighted by Crippen LogP contribution is -2.19. The molecule has 2 aliphatic heterocycles. The summed E-state index contributed by atoms with van der Waals surface area (Å²) in [4.78, 5) is 9.23. The van der Waals surface area contributed by atoms with Gasteiger partial charge in [-0.2, -0.15) is 0 Å². The summed E-state index contributed by atoms with van der Waals surface area (Å²) in [6.07, 6.45) is 4.14. The van der Waals surface area contributed by atoms with Crippen molar-refractivity contribution in [3.63, 3.8) is 0 Å². The lowest BCUT2D eigenvalue weighted by molar-refractivity contribution is 0.0998. The normalized spacial score (nSPS) is 30.3. The first-order chi connectivity index (χ1) is 8.56. The molecule has 1 aromatic rings. The number of nitrogens with two attached hydrogens (primary N) is 1. The Bertz CT molecular complexity index is 449. The van der Waals surface area contributed by atoms with Crippen LogP contribution in [-0.2, 0) is 4.74 Å². The van der Waals surface area contributed by atoms with Gasteiger partial charge in [-0.25, -0.2) is 9.97 Å². The Balaban J connectivity index is 1.95. The number of aromatic nitrogens is 2. The molecule has 1 aromatic heterocycles. The molecule has 3 rings (SSSR count). The summed E-state index contributed by atoms with van der Waals surface area (Å²) < 4.78 is 5.88. The van der Waals surface area contributed by atoms with E-state index in [9.17, 15) is 0 Å². The van der Waals surface area contributed by atoms with Crippen LogP contribution in [0.25, 0.3) is 0 Å². The predicted octanol–water partition coefficient (Wildman–Crippen LogP) is 2.53. The largest absolute Gasteiger partial charge is 0.383 e. The number of nitrogens with zero attached hydrogens (tertiary/aromatic N) is 2. The van der Waals surface area contributed by atoms with Crippen LogP contribution in [0.1, 0.15) is 62.0 Å². The Kier molecular flexibility index (Phi) is 2.77. The van der Waals surface area contributed by atoms with Gasteiger partial charge in [0.2, 0.25) is 0 Å². The summed E-state index contributed by atoms with van der Waals surface area (Å²) in [5, 5.41) is 0. The molecule has 2 fully saturated rings. The minimum absolute atomic E-state index is 0.318. The van der Waals surface area contributed by atoms with Gasteiger partial charge in [0.25, 0.3) is 0 Å². The van der Waals surface area contributed by atoms with E-state index < -0.39 is 0 Å². The minimum atomic E-state index is 0.318. The summed E-state index contributed by atoms with van der Waals surface area (Å²) in [5.74, 6) is 2.26. The van der Waals surface area contributed by atoms with Gasteiger partial charge in [-0.1, -0.05) is 13.8 Å². The van der Waals surface area contributed by atoms with Gasteiger partial charge >= 0.3 is 0 Å². The molecule has 0 saturated carbocycles. The molecule has 4 nitrogen and oxygen atoms in total. The average Bonchev–Trinajstić information content (AvgIpc) is 2.88. The van der Waals surface area contributed by atoms with Crippen LogP contribution in [0.2, 0.25) is 0 Å². The minimum Gasteiger partial charge on any atom is -0.383 e. The molecule has 2 bridgehead atoms. The van der Waals surface area contributed by atoms with E-state index in [0.29, 0.717) is 29.9 Å². The zero-order chi connectivity index (χ0) is 12.9. The number of nitrogen functional groups attached to an aromatic ring is 1. The maximum absolute atomic E-state index is 6.10. The first-order valence-electron chi connectivity index (χ1n) is 6.85. The van der Waals surface area contributed by atoms with E-state index >= 15 is 0 Å². The Labute approximate surface area is 108 Å². The number of hydrogen-bond acceptors (Lipinski definition) is 4. The molecule has 18 heavy (non-hydrogen) atoms. The summed E-state index contributed by atoms with van der Waals surface area (Å²) in [6, 6.07) is 0. The van der Waals surface area contributed by atoms with E-state index in [4.69, 9.17) is 10.5 Å². The highest BCUT2D eigenvalue weighted by Gasteiger charge is 2.43. The second-order valence-corrected chi connectivity index (χ2v) is 5.84. The fourth-order valence-corrected chi connectivity index (χ4v) is 3.41. The highest BCUT2D eigenvalue weighted by molar-refractivity contribution is 5.44. The fourth-order valence-electron chi connectivity index (χ4n) is 3.41. The van der Waals surface area contributed by atoms with Gasteiger partial charge < -0.3 is 10.5 Å². The van der Waals surface area contributed by atoms with Crippen molar-refractivity contribution >= 4 is 5.82 Å². The molecule has 0 spiro atoms. The maximum atomic E-state index is 6.10. The van der Waals surface area contributed by atoms with Crippen LogP contribution in [-0.4, -0.2) is 22.2 Å². The molecule has 2 N–H and O–H groups in total. The third-order valence-corrected chi connectivity index (χ3v) is 4.20. The number of hydrogen-bond donors (Lipinski definition) is 1. The van der Waals surface area contributed by atoms with Crippen molar-refractivity contribution in [2.45, 2.75) is 64.1 Å². The van der Waals surface area contributed by atoms with Crippen LogP contribution in [0.4, 0.5) is 5.82 Å². The predicted molar refractivity (Wildman–Crippen MR) is 70.5 cm³/mol. The number of fused-ring (bicyclic) bond motifs is 2. The molecule has 3 heterocycles. The Morgan fingerprint density at radius 3 is 2.56 bits per heavy atom. The van der Waals surface area contributed by atoms with Crippen LogP contribution in [0.5, 0.6) is 0 Å². The monoisotopic (exact) mass is 247 g/mol. The molecule has 0 amide bonds. The number of aryl methyl sites for hydroxylation is 1. The van der Waals surface area contributed by atoms with Crippen LogP contribution in [0.3, 0.4) is 0 Å². The van der Waals surface area contributed by atoms with Gasteiger partial charge in [-0.15, -0.1) is 0 Å². The fraction of sp³-hybridized carbons (Fsp3) is 0.714. The van der Waals surface area contributed by atoms with E-state index in [1.165, 1.54) is 6.42 Å². The van der Waals surface area contributed by atoms with Gasteiger partial charge in [0, 0.05) is 17.2 Å². The molecule has 2 aliphatic rings. The first kappa shape index (κ1) is 11.9. The van der Waals surface area contributed by atoms with E-state index in [2.05, 4.69) is 23.8 Å². The summed E-state index contributed by atoms with van der Waals surface area (Å²) in [6.45, 7) is 6.29. The van der Waals surface area contributed by atoms with E-state index in [0.717, 1.165) is 29.9 Å². The lowest BCUT2D eigenvalue weighted by atomic mass is 9.88. The quantitative estimate of drug-likeness (QED) is 0.872. The summed E-state index contributed by atoms with van der Waals surface area (Å²) in [5.41, 5.74) is 8.21. The van der Waals surface area contributed by atoms with Crippen LogP contribution < -0.4 is 5.73 Å². The number of rotatable bonds is 2. The zero-order valence-electron chi connectivity index (χ0n) is 11.3. The van der Waals surface area contributed by atoms with Crippen molar-refractivity contribution in [1.29, 1.82) is 0 Å². The van der Waals surface area contributed by atoms with Crippen molar-refractivity contribution in [2.24, 2.45) is 0 Å². The van der Waals surface area contributed by atoms with E-state index in [-0.39, 0.29) is 0 Å². The lowest BCUT2D eigenvalue weighted by Gasteiger charge is -2.20.